The number of carbonyl (C=O) groups excluding carboxylic acids is 1. The molecule has 0 bridgehead atoms. The molecule has 1 aromatic rings. The molecule has 2 aliphatic heterocycles. The Labute approximate surface area is 172 Å². The number of nitrogens with zero attached hydrogens (tertiary/aromatic N) is 3. The largest absolute Gasteiger partial charge is 0.317 e. The minimum atomic E-state index is 0.0583. The normalized spacial score (nSPS) is 26.0. The van der Waals surface area contributed by atoms with Crippen molar-refractivity contribution in [3.05, 3.63) is 16.0 Å². The highest BCUT2D eigenvalue weighted by Gasteiger charge is 2.34. The molecule has 1 amide bonds. The topological polar surface area (TPSA) is 59.4 Å². The molecule has 1 aliphatic carbocycles. The fourth-order valence-corrected chi connectivity index (χ4v) is 6.61. The molecule has 1 aromatic heterocycles. The number of aryl methyl sites for hydroxylation is 1. The molecule has 0 radical (unpaired) electrons. The molecule has 1 N–H and O–H groups in total. The van der Waals surface area contributed by atoms with Gasteiger partial charge >= 0.3 is 0 Å². The zero-order valence-corrected chi connectivity index (χ0v) is 17.8. The molecule has 0 saturated carbocycles. The van der Waals surface area contributed by atoms with E-state index in [2.05, 4.69) is 28.2 Å². The standard InChI is InChI=1S/C22H32N4OS/c1-25-12-9-19-16(15-25)6-5-11-26(19)13-10-21(27)24-22-18(14-23)17-7-3-2-4-8-20(17)28-22/h16,19H,2-13,15H2,1H3,(H,24,27)/t16-,19+/m0/s1. The van der Waals surface area contributed by atoms with Gasteiger partial charge in [0.1, 0.15) is 11.1 Å². The number of anilines is 1. The average Bonchev–Trinajstić information content (AvgIpc) is 2.85. The lowest BCUT2D eigenvalue weighted by Gasteiger charge is -2.46. The van der Waals surface area contributed by atoms with E-state index in [0.29, 0.717) is 12.5 Å². The summed E-state index contributed by atoms with van der Waals surface area (Å²) in [4.78, 5) is 19.0. The number of nitrogens with one attached hydrogen (secondary N) is 1. The highest BCUT2D eigenvalue weighted by molar-refractivity contribution is 7.16. The number of hydrogen-bond donors (Lipinski definition) is 1. The van der Waals surface area contributed by atoms with Crippen molar-refractivity contribution >= 4 is 22.2 Å². The van der Waals surface area contributed by atoms with Gasteiger partial charge < -0.3 is 10.2 Å². The first kappa shape index (κ1) is 19.9. The molecule has 2 atom stereocenters. The Morgan fingerprint density at radius 3 is 2.93 bits per heavy atom. The van der Waals surface area contributed by atoms with Crippen LogP contribution in [0.2, 0.25) is 0 Å². The van der Waals surface area contributed by atoms with E-state index in [4.69, 9.17) is 0 Å². The van der Waals surface area contributed by atoms with E-state index in [0.717, 1.165) is 55.4 Å². The fraction of sp³-hybridized carbons (Fsp3) is 0.727. The fourth-order valence-electron chi connectivity index (χ4n) is 5.35. The minimum absolute atomic E-state index is 0.0583. The summed E-state index contributed by atoms with van der Waals surface area (Å²) in [6, 6.07) is 3.01. The lowest BCUT2D eigenvalue weighted by molar-refractivity contribution is -0.116. The number of hydrogen-bond acceptors (Lipinski definition) is 5. The van der Waals surface area contributed by atoms with E-state index < -0.39 is 0 Å². The molecule has 2 fully saturated rings. The first-order valence-electron chi connectivity index (χ1n) is 10.9. The van der Waals surface area contributed by atoms with E-state index in [1.165, 1.54) is 49.1 Å². The Morgan fingerprint density at radius 2 is 2.07 bits per heavy atom. The van der Waals surface area contributed by atoms with Gasteiger partial charge in [-0.25, -0.2) is 0 Å². The first-order valence-corrected chi connectivity index (χ1v) is 11.7. The quantitative estimate of drug-likeness (QED) is 0.784. The summed E-state index contributed by atoms with van der Waals surface area (Å²) in [5, 5.41) is 13.5. The molecule has 3 heterocycles. The van der Waals surface area contributed by atoms with E-state index >= 15 is 0 Å². The van der Waals surface area contributed by atoms with Crippen LogP contribution >= 0.6 is 11.3 Å². The zero-order chi connectivity index (χ0) is 19.5. The highest BCUT2D eigenvalue weighted by Crippen LogP contribution is 2.37. The van der Waals surface area contributed by atoms with Crippen LogP contribution in [0.5, 0.6) is 0 Å². The van der Waals surface area contributed by atoms with E-state index in [9.17, 15) is 10.1 Å². The molecule has 0 aromatic carbocycles. The monoisotopic (exact) mass is 400 g/mol. The number of carbonyl (C=O) groups is 1. The summed E-state index contributed by atoms with van der Waals surface area (Å²) in [7, 11) is 2.22. The number of rotatable bonds is 4. The van der Waals surface area contributed by atoms with Crippen LogP contribution in [-0.4, -0.2) is 55.0 Å². The molecule has 2 saturated heterocycles. The van der Waals surface area contributed by atoms with Crippen LogP contribution in [0.15, 0.2) is 0 Å². The molecule has 3 aliphatic rings. The smallest absolute Gasteiger partial charge is 0.226 e. The molecule has 6 heteroatoms. The Kier molecular flexibility index (Phi) is 6.35. The van der Waals surface area contributed by atoms with Crippen molar-refractivity contribution in [2.75, 3.05) is 38.5 Å². The second-order valence-corrected chi connectivity index (χ2v) is 9.84. The van der Waals surface area contributed by atoms with Gasteiger partial charge in [0.05, 0.1) is 5.56 Å². The number of piperidine rings is 2. The Hall–Kier alpha value is -1.42. The van der Waals surface area contributed by atoms with Crippen molar-refractivity contribution in [3.8, 4) is 6.07 Å². The number of fused-ring (bicyclic) bond motifs is 2. The molecule has 28 heavy (non-hydrogen) atoms. The molecule has 152 valence electrons. The number of amides is 1. The molecule has 5 nitrogen and oxygen atoms in total. The summed E-state index contributed by atoms with van der Waals surface area (Å²) in [6.45, 7) is 4.31. The van der Waals surface area contributed by atoms with Crippen molar-refractivity contribution in [3.63, 3.8) is 0 Å². The van der Waals surface area contributed by atoms with Crippen molar-refractivity contribution in [1.29, 1.82) is 5.26 Å². The molecule has 0 unspecified atom stereocenters. The molecule has 0 spiro atoms. The maximum Gasteiger partial charge on any atom is 0.226 e. The number of nitriles is 1. The third-order valence-corrected chi connectivity index (χ3v) is 8.01. The van der Waals surface area contributed by atoms with Crippen LogP contribution in [0.4, 0.5) is 5.00 Å². The van der Waals surface area contributed by atoms with Crippen molar-refractivity contribution in [2.45, 2.75) is 63.8 Å². The summed E-state index contributed by atoms with van der Waals surface area (Å²) >= 11 is 1.63. The van der Waals surface area contributed by atoms with Crippen molar-refractivity contribution in [2.24, 2.45) is 5.92 Å². The van der Waals surface area contributed by atoms with E-state index in [1.807, 2.05) is 0 Å². The lowest BCUT2D eigenvalue weighted by atomic mass is 9.84. The van der Waals surface area contributed by atoms with Crippen molar-refractivity contribution in [1.82, 2.24) is 9.80 Å². The highest BCUT2D eigenvalue weighted by atomic mass is 32.1. The van der Waals surface area contributed by atoms with Gasteiger partial charge in [-0.2, -0.15) is 5.26 Å². The van der Waals surface area contributed by atoms with Gasteiger partial charge in [-0.05, 0) is 76.6 Å². The van der Waals surface area contributed by atoms with E-state index in [1.54, 1.807) is 11.3 Å². The summed E-state index contributed by atoms with van der Waals surface area (Å²) < 4.78 is 0. The van der Waals surface area contributed by atoms with Gasteiger partial charge in [0.25, 0.3) is 0 Å². The summed E-state index contributed by atoms with van der Waals surface area (Å²) in [5.74, 6) is 0.816. The zero-order valence-electron chi connectivity index (χ0n) is 17.0. The Bertz CT molecular complexity index is 752. The van der Waals surface area contributed by atoms with Crippen LogP contribution in [0, 0.1) is 17.2 Å². The van der Waals surface area contributed by atoms with Crippen molar-refractivity contribution < 1.29 is 4.79 Å². The minimum Gasteiger partial charge on any atom is -0.317 e. The van der Waals surface area contributed by atoms with Crippen LogP contribution in [0.3, 0.4) is 0 Å². The third-order valence-electron chi connectivity index (χ3n) is 6.80. The van der Waals surface area contributed by atoms with Crippen LogP contribution in [-0.2, 0) is 17.6 Å². The van der Waals surface area contributed by atoms with Gasteiger partial charge in [0.15, 0.2) is 0 Å². The third kappa shape index (κ3) is 4.27. The summed E-state index contributed by atoms with van der Waals surface area (Å²) in [5.41, 5.74) is 1.93. The van der Waals surface area contributed by atoms with Crippen LogP contribution in [0.1, 0.15) is 60.9 Å². The predicted octanol–water partition coefficient (Wildman–Crippen LogP) is 3.63. The second kappa shape index (κ2) is 8.94. The maximum absolute atomic E-state index is 12.7. The number of likely N-dealkylation sites (tertiary alicyclic amines) is 2. The molecular weight excluding hydrogens is 368 g/mol. The molecular formula is C22H32N4OS. The van der Waals surface area contributed by atoms with Gasteiger partial charge in [0.2, 0.25) is 5.91 Å². The second-order valence-electron chi connectivity index (χ2n) is 8.74. The predicted molar refractivity (Wildman–Crippen MR) is 114 cm³/mol. The summed E-state index contributed by atoms with van der Waals surface area (Å²) in [6.07, 6.45) is 9.92. The van der Waals surface area contributed by atoms with Gasteiger partial charge in [-0.1, -0.05) is 6.42 Å². The lowest BCUT2D eigenvalue weighted by Crippen LogP contribution is -2.53. The average molecular weight is 401 g/mol. The van der Waals surface area contributed by atoms with Crippen LogP contribution < -0.4 is 5.32 Å². The van der Waals surface area contributed by atoms with Gasteiger partial charge in [-0.15, -0.1) is 11.3 Å². The Balaban J connectivity index is 1.35. The maximum atomic E-state index is 12.7. The van der Waals surface area contributed by atoms with Gasteiger partial charge in [0, 0.05) is 30.4 Å². The Morgan fingerprint density at radius 1 is 1.21 bits per heavy atom. The first-order chi connectivity index (χ1) is 13.7. The van der Waals surface area contributed by atoms with E-state index in [-0.39, 0.29) is 5.91 Å². The van der Waals surface area contributed by atoms with Crippen LogP contribution in [0.25, 0.3) is 0 Å². The molecule has 4 rings (SSSR count). The number of thiophene rings is 1. The SMILES string of the molecule is CN1CC[C@@H]2[C@@H](CCCN2CCC(=O)Nc2sc3c(c2C#N)CCCCC3)C1. The van der Waals surface area contributed by atoms with Gasteiger partial charge in [-0.3, -0.25) is 9.69 Å².